The molecule has 2 aliphatic heterocycles. The summed E-state index contributed by atoms with van der Waals surface area (Å²) < 4.78 is 5.26. The molecule has 2 atom stereocenters. The number of piperidine rings is 1. The Hall–Kier alpha value is -0.890. The van der Waals surface area contributed by atoms with Gasteiger partial charge in [0.25, 0.3) is 0 Å². The van der Waals surface area contributed by atoms with E-state index in [1.165, 1.54) is 6.42 Å². The highest BCUT2D eigenvalue weighted by Crippen LogP contribution is 2.20. The van der Waals surface area contributed by atoms with E-state index in [0.29, 0.717) is 11.7 Å². The number of hydrogen-bond donors (Lipinski definition) is 1. The van der Waals surface area contributed by atoms with Crippen LogP contribution in [0.3, 0.4) is 0 Å². The molecule has 0 radical (unpaired) electrons. The molecule has 2 aliphatic rings. The third kappa shape index (κ3) is 4.81. The third-order valence-electron chi connectivity index (χ3n) is 4.68. The van der Waals surface area contributed by atoms with Crippen LogP contribution in [0.25, 0.3) is 0 Å². The van der Waals surface area contributed by atoms with Crippen LogP contribution in [0.4, 0.5) is 0 Å². The van der Waals surface area contributed by atoms with Gasteiger partial charge in [0, 0.05) is 26.2 Å². The van der Waals surface area contributed by atoms with Gasteiger partial charge < -0.3 is 14.7 Å². The summed E-state index contributed by atoms with van der Waals surface area (Å²) in [4.78, 5) is 21.1. The first kappa shape index (κ1) is 21.2. The summed E-state index contributed by atoms with van der Waals surface area (Å²) in [6.45, 7) is 8.11. The quantitative estimate of drug-likeness (QED) is 0.858. The van der Waals surface area contributed by atoms with Crippen molar-refractivity contribution in [3.8, 4) is 0 Å². The lowest BCUT2D eigenvalue weighted by Crippen LogP contribution is -2.55. The Morgan fingerprint density at radius 2 is 1.96 bits per heavy atom. The van der Waals surface area contributed by atoms with Gasteiger partial charge in [-0.15, -0.1) is 24.8 Å². The molecule has 1 aromatic rings. The van der Waals surface area contributed by atoms with Gasteiger partial charge in [-0.05, 0) is 33.2 Å². The van der Waals surface area contributed by atoms with Gasteiger partial charge in [-0.3, -0.25) is 9.69 Å². The molecule has 0 bridgehead atoms. The van der Waals surface area contributed by atoms with E-state index in [1.54, 1.807) is 0 Å². The van der Waals surface area contributed by atoms with Crippen molar-refractivity contribution in [1.82, 2.24) is 25.3 Å². The zero-order chi connectivity index (χ0) is 15.5. The van der Waals surface area contributed by atoms with Crippen LogP contribution in [-0.2, 0) is 4.79 Å². The second kappa shape index (κ2) is 9.56. The molecule has 24 heavy (non-hydrogen) atoms. The molecule has 0 aromatic carbocycles. The Bertz CT molecular complexity index is 514. The molecular weight excluding hydrogens is 353 g/mol. The zero-order valence-electron chi connectivity index (χ0n) is 14.2. The van der Waals surface area contributed by atoms with Gasteiger partial charge in [-0.1, -0.05) is 11.6 Å². The van der Waals surface area contributed by atoms with Crippen LogP contribution in [0.2, 0.25) is 0 Å². The summed E-state index contributed by atoms with van der Waals surface area (Å²) in [7, 11) is 0. The van der Waals surface area contributed by atoms with Crippen molar-refractivity contribution in [3.05, 3.63) is 11.7 Å². The molecule has 138 valence electrons. The number of piperazine rings is 1. The molecule has 2 fully saturated rings. The maximum atomic E-state index is 12.5. The highest BCUT2D eigenvalue weighted by molar-refractivity contribution is 5.85. The van der Waals surface area contributed by atoms with E-state index in [0.717, 1.165) is 45.6 Å². The van der Waals surface area contributed by atoms with Crippen molar-refractivity contribution in [2.24, 2.45) is 0 Å². The largest absolute Gasteiger partial charge is 0.339 e. The fourth-order valence-corrected chi connectivity index (χ4v) is 3.25. The summed E-state index contributed by atoms with van der Waals surface area (Å²) in [6, 6.07) is 0.127. The first-order chi connectivity index (χ1) is 10.6. The first-order valence-electron chi connectivity index (χ1n) is 8.21. The van der Waals surface area contributed by atoms with Crippen LogP contribution < -0.4 is 5.32 Å². The monoisotopic (exact) mass is 379 g/mol. The lowest BCUT2D eigenvalue weighted by Gasteiger charge is -2.38. The predicted molar refractivity (Wildman–Crippen MR) is 95.7 cm³/mol. The Kier molecular flexibility index (Phi) is 8.42. The smallest absolute Gasteiger partial charge is 0.243 e. The number of nitrogens with zero attached hydrogens (tertiary/aromatic N) is 4. The number of aromatic nitrogens is 2. The van der Waals surface area contributed by atoms with Gasteiger partial charge in [0.15, 0.2) is 5.82 Å². The maximum Gasteiger partial charge on any atom is 0.243 e. The number of rotatable bonds is 3. The molecule has 1 aromatic heterocycles. The number of aryl methyl sites for hydroxylation is 1. The van der Waals surface area contributed by atoms with E-state index in [4.69, 9.17) is 4.52 Å². The summed E-state index contributed by atoms with van der Waals surface area (Å²) in [5.41, 5.74) is 0. The van der Waals surface area contributed by atoms with Crippen molar-refractivity contribution in [1.29, 1.82) is 0 Å². The van der Waals surface area contributed by atoms with Gasteiger partial charge in [0.05, 0.1) is 12.1 Å². The number of carbonyl (C=O) groups excluding carboxylic acids is 1. The van der Waals surface area contributed by atoms with Crippen molar-refractivity contribution in [3.63, 3.8) is 0 Å². The van der Waals surface area contributed by atoms with Crippen LogP contribution in [0.5, 0.6) is 0 Å². The molecule has 0 aliphatic carbocycles. The second-order valence-electron chi connectivity index (χ2n) is 6.22. The highest BCUT2D eigenvalue weighted by atomic mass is 35.5. The predicted octanol–water partition coefficient (Wildman–Crippen LogP) is 1.57. The summed E-state index contributed by atoms with van der Waals surface area (Å²) in [5.74, 6) is 1.59. The van der Waals surface area contributed by atoms with Crippen LogP contribution in [0.1, 0.15) is 43.9 Å². The lowest BCUT2D eigenvalue weighted by molar-refractivity contribution is -0.136. The SMILES string of the molecule is Cc1noc(C(C)N2CCN(C(=O)[C@H]3CCCCN3)CC2)n1.Cl.Cl. The minimum absolute atomic E-state index is 0. The Balaban J connectivity index is 0.00000144. The number of amides is 1. The molecule has 0 spiro atoms. The van der Waals surface area contributed by atoms with E-state index in [1.807, 2.05) is 11.8 Å². The van der Waals surface area contributed by atoms with Crippen LogP contribution >= 0.6 is 24.8 Å². The fourth-order valence-electron chi connectivity index (χ4n) is 3.25. The van der Waals surface area contributed by atoms with E-state index in [9.17, 15) is 4.79 Å². The van der Waals surface area contributed by atoms with Crippen LogP contribution in [-0.4, -0.2) is 64.6 Å². The average molecular weight is 380 g/mol. The normalized spacial score (nSPS) is 23.1. The summed E-state index contributed by atoms with van der Waals surface area (Å²) >= 11 is 0. The maximum absolute atomic E-state index is 12.5. The van der Waals surface area contributed by atoms with E-state index >= 15 is 0 Å². The van der Waals surface area contributed by atoms with E-state index in [-0.39, 0.29) is 42.8 Å². The van der Waals surface area contributed by atoms with Gasteiger partial charge >= 0.3 is 0 Å². The zero-order valence-corrected chi connectivity index (χ0v) is 15.9. The van der Waals surface area contributed by atoms with Crippen molar-refractivity contribution >= 4 is 30.7 Å². The topological polar surface area (TPSA) is 74.5 Å². The molecule has 1 amide bonds. The van der Waals surface area contributed by atoms with Gasteiger partial charge in [0.1, 0.15) is 0 Å². The Labute approximate surface area is 155 Å². The molecule has 1 N–H and O–H groups in total. The molecule has 0 saturated carbocycles. The first-order valence-corrected chi connectivity index (χ1v) is 8.21. The standard InChI is InChI=1S/C15H25N5O2.2ClH/c1-11(14-17-12(2)18-22-14)19-7-9-20(10-8-19)15(21)13-5-3-4-6-16-13;;/h11,13,16H,3-10H2,1-2H3;2*1H/t11?,13-;;/m1../s1. The Morgan fingerprint density at radius 3 is 2.50 bits per heavy atom. The minimum Gasteiger partial charge on any atom is -0.339 e. The molecule has 1 unspecified atom stereocenters. The third-order valence-corrected chi connectivity index (χ3v) is 4.68. The number of hydrogen-bond acceptors (Lipinski definition) is 6. The van der Waals surface area contributed by atoms with Gasteiger partial charge in [-0.2, -0.15) is 4.98 Å². The molecule has 3 rings (SSSR count). The van der Waals surface area contributed by atoms with Crippen LogP contribution in [0, 0.1) is 6.92 Å². The number of carbonyl (C=O) groups is 1. The summed E-state index contributed by atoms with van der Waals surface area (Å²) in [5, 5.41) is 7.19. The number of halogens is 2. The molecule has 2 saturated heterocycles. The molecular formula is C15H27Cl2N5O2. The van der Waals surface area contributed by atoms with Crippen molar-refractivity contribution in [2.75, 3.05) is 32.7 Å². The fraction of sp³-hybridized carbons (Fsp3) is 0.800. The highest BCUT2D eigenvalue weighted by Gasteiger charge is 2.30. The molecule has 9 heteroatoms. The van der Waals surface area contributed by atoms with E-state index in [2.05, 4.69) is 27.3 Å². The number of nitrogens with one attached hydrogen (secondary N) is 1. The molecule has 3 heterocycles. The van der Waals surface area contributed by atoms with E-state index < -0.39 is 0 Å². The summed E-state index contributed by atoms with van der Waals surface area (Å²) in [6.07, 6.45) is 3.30. The van der Waals surface area contributed by atoms with Crippen molar-refractivity contribution in [2.45, 2.75) is 45.2 Å². The van der Waals surface area contributed by atoms with Crippen LogP contribution in [0.15, 0.2) is 4.52 Å². The Morgan fingerprint density at radius 1 is 1.25 bits per heavy atom. The van der Waals surface area contributed by atoms with Gasteiger partial charge in [0.2, 0.25) is 11.8 Å². The average Bonchev–Trinajstić information content (AvgIpc) is 3.01. The van der Waals surface area contributed by atoms with Crippen molar-refractivity contribution < 1.29 is 9.32 Å². The lowest BCUT2D eigenvalue weighted by atomic mass is 10.0. The molecule has 7 nitrogen and oxygen atoms in total. The minimum atomic E-state index is 0. The van der Waals surface area contributed by atoms with Gasteiger partial charge in [-0.25, -0.2) is 0 Å². The second-order valence-corrected chi connectivity index (χ2v) is 6.22.